The predicted octanol–water partition coefficient (Wildman–Crippen LogP) is 12.0. The zero-order chi connectivity index (χ0) is 46.9. The van der Waals surface area contributed by atoms with Gasteiger partial charge in [0.2, 0.25) is 5.78 Å². The minimum atomic E-state index is -4.81. The summed E-state index contributed by atoms with van der Waals surface area (Å²) >= 11 is 0. The first-order chi connectivity index (χ1) is 32.6. The summed E-state index contributed by atoms with van der Waals surface area (Å²) in [6.45, 7) is 0.824. The molecule has 2 aliphatic heterocycles. The van der Waals surface area contributed by atoms with Crippen molar-refractivity contribution in [3.63, 3.8) is 0 Å². The van der Waals surface area contributed by atoms with Crippen LogP contribution in [0.5, 0.6) is 0 Å². The molecule has 7 nitrogen and oxygen atoms in total. The third kappa shape index (κ3) is 7.21. The van der Waals surface area contributed by atoms with Crippen molar-refractivity contribution in [2.75, 3.05) is 36.0 Å². The lowest BCUT2D eigenvalue weighted by atomic mass is 9.80. The number of hydrogen-bond donors (Lipinski definition) is 2. The fourth-order valence-corrected chi connectivity index (χ4v) is 12.3. The van der Waals surface area contributed by atoms with Crippen LogP contribution in [0.15, 0.2) is 109 Å². The maximum Gasteiger partial charge on any atom is 0.417 e. The number of aliphatic hydroxyl groups is 2. The van der Waals surface area contributed by atoms with Gasteiger partial charge >= 0.3 is 12.4 Å². The van der Waals surface area contributed by atoms with Crippen molar-refractivity contribution in [3.05, 3.63) is 165 Å². The minimum absolute atomic E-state index is 0.0999. The molecule has 348 valence electrons. The monoisotopic (exact) mass is 926 g/mol. The van der Waals surface area contributed by atoms with Crippen molar-refractivity contribution in [1.29, 1.82) is 0 Å². The first-order valence-electron chi connectivity index (χ1n) is 23.6. The Morgan fingerprint density at radius 3 is 1.37 bits per heavy atom. The molecule has 4 unspecified atom stereocenters. The number of carbonyl (C=O) groups excluding carboxylic acids is 1. The first-order valence-corrected chi connectivity index (χ1v) is 23.6. The van der Waals surface area contributed by atoms with Crippen LogP contribution in [0.1, 0.15) is 136 Å². The first kappa shape index (κ1) is 43.2. The van der Waals surface area contributed by atoms with Gasteiger partial charge in [0.05, 0.1) is 34.7 Å². The van der Waals surface area contributed by atoms with Gasteiger partial charge in [0.25, 0.3) is 0 Å². The number of pyridine rings is 2. The highest BCUT2D eigenvalue weighted by Gasteiger charge is 2.51. The van der Waals surface area contributed by atoms with Crippen LogP contribution >= 0.6 is 0 Å². The molecule has 2 aromatic heterocycles. The van der Waals surface area contributed by atoms with E-state index in [0.29, 0.717) is 49.9 Å². The number of alkyl halides is 6. The van der Waals surface area contributed by atoms with Gasteiger partial charge in [-0.1, -0.05) is 72.8 Å². The molecule has 2 spiro atoms. The van der Waals surface area contributed by atoms with Crippen molar-refractivity contribution in [1.82, 2.24) is 9.97 Å². The minimum Gasteiger partial charge on any atom is -0.388 e. The zero-order valence-electron chi connectivity index (χ0n) is 37.0. The number of hydrogen-bond acceptors (Lipinski definition) is 7. The number of carbonyl (C=O) groups is 1. The van der Waals surface area contributed by atoms with Crippen molar-refractivity contribution < 1.29 is 41.4 Å². The summed E-state index contributed by atoms with van der Waals surface area (Å²) in [7, 11) is 0. The predicted molar refractivity (Wildman–Crippen MR) is 246 cm³/mol. The van der Waals surface area contributed by atoms with Crippen molar-refractivity contribution in [3.8, 4) is 22.3 Å². The number of halogens is 6. The summed E-state index contributed by atoms with van der Waals surface area (Å²) < 4.78 is 86.7. The molecule has 0 radical (unpaired) electrons. The van der Waals surface area contributed by atoms with Gasteiger partial charge in [0, 0.05) is 49.4 Å². The van der Waals surface area contributed by atoms with E-state index in [-0.39, 0.29) is 48.9 Å². The Morgan fingerprint density at radius 2 is 0.971 bits per heavy atom. The molecule has 6 aliphatic rings. The summed E-state index contributed by atoms with van der Waals surface area (Å²) in [6.07, 6.45) is -3.97. The molecule has 2 saturated carbocycles. The second-order valence-corrected chi connectivity index (χ2v) is 20.2. The Labute approximate surface area is 389 Å². The fourth-order valence-electron chi connectivity index (χ4n) is 12.3. The highest BCUT2D eigenvalue weighted by atomic mass is 19.4. The highest BCUT2D eigenvalue weighted by molar-refractivity contribution is 6.13. The molecule has 4 aliphatic carbocycles. The van der Waals surface area contributed by atoms with Gasteiger partial charge in [0.1, 0.15) is 11.4 Å². The van der Waals surface area contributed by atoms with E-state index in [2.05, 4.69) is 34.2 Å². The Balaban J connectivity index is 0.879. The van der Waals surface area contributed by atoms with Crippen LogP contribution in [0.2, 0.25) is 0 Å². The Kier molecular flexibility index (Phi) is 9.85. The largest absolute Gasteiger partial charge is 0.417 e. The maximum absolute atomic E-state index is 14.9. The van der Waals surface area contributed by atoms with E-state index in [1.54, 1.807) is 9.80 Å². The van der Waals surface area contributed by atoms with Crippen LogP contribution in [0.3, 0.4) is 0 Å². The highest BCUT2D eigenvalue weighted by Crippen LogP contribution is 2.55. The van der Waals surface area contributed by atoms with Crippen LogP contribution in [-0.2, 0) is 23.2 Å². The molecule has 13 heteroatoms. The summed E-state index contributed by atoms with van der Waals surface area (Å²) in [6, 6.07) is 30.5. The number of anilines is 2. The number of benzene rings is 4. The number of fused-ring (bicyclic) bond motifs is 4. The molecule has 4 heterocycles. The van der Waals surface area contributed by atoms with Crippen LogP contribution < -0.4 is 9.80 Å². The Bertz CT molecular complexity index is 2840. The van der Waals surface area contributed by atoms with E-state index in [1.165, 1.54) is 11.1 Å². The van der Waals surface area contributed by atoms with E-state index < -0.39 is 52.3 Å². The zero-order valence-corrected chi connectivity index (χ0v) is 37.0. The van der Waals surface area contributed by atoms with E-state index in [4.69, 9.17) is 0 Å². The summed E-state index contributed by atoms with van der Waals surface area (Å²) in [5, 5.41) is 23.2. The molecule has 0 bridgehead atoms. The van der Waals surface area contributed by atoms with Gasteiger partial charge in [-0.05, 0) is 143 Å². The molecular weight excluding hydrogens is 879 g/mol. The molecule has 12 rings (SSSR count). The maximum atomic E-state index is 14.9. The number of nitrogens with zero attached hydrogens (tertiary/aromatic N) is 4. The Hall–Kier alpha value is -6.05. The average molecular weight is 927 g/mol. The van der Waals surface area contributed by atoms with Crippen LogP contribution in [-0.4, -0.2) is 52.1 Å². The van der Waals surface area contributed by atoms with Gasteiger partial charge in [-0.2, -0.15) is 26.3 Å². The third-order valence-corrected chi connectivity index (χ3v) is 15.9. The lowest BCUT2D eigenvalue weighted by Gasteiger charge is -2.29. The van der Waals surface area contributed by atoms with E-state index >= 15 is 0 Å². The molecule has 68 heavy (non-hydrogen) atoms. The number of ketones is 1. The van der Waals surface area contributed by atoms with Gasteiger partial charge in [-0.3, -0.25) is 4.79 Å². The van der Waals surface area contributed by atoms with Crippen molar-refractivity contribution in [2.24, 2.45) is 0 Å². The number of aliphatic hydroxyl groups excluding tert-OH is 2. The summed E-state index contributed by atoms with van der Waals surface area (Å²) in [5.74, 6) is 0.105. The normalized spacial score (nSPS) is 24.4. The van der Waals surface area contributed by atoms with Gasteiger partial charge in [-0.25, -0.2) is 9.97 Å². The van der Waals surface area contributed by atoms with Gasteiger partial charge < -0.3 is 20.0 Å². The van der Waals surface area contributed by atoms with Crippen molar-refractivity contribution in [2.45, 2.75) is 98.6 Å². The van der Waals surface area contributed by atoms with Gasteiger partial charge in [0.15, 0.2) is 0 Å². The second kappa shape index (κ2) is 15.5. The van der Waals surface area contributed by atoms with Crippen LogP contribution in [0.25, 0.3) is 22.3 Å². The third-order valence-electron chi connectivity index (χ3n) is 15.9. The standard InChI is InChI=1S/C55H48F6N4O3/c56-54(57,58)35-23-45(64-19-17-52(29-64)25-47(66)41-21-33(13-15-43(41)52)39-7-3-1-5-37(39)31-9-10-31)49(62-27-35)51(68)50-46(24-36(28-63-50)55(59,60)61)65-20-18-53(30-65)26-48(67)42-22-34(14-16-44(42)53)40-8-4-2-6-38(40)32-11-12-32/h1-8,13-16,21-24,27-28,31-32,47-48,66-67H,9-12,17-20,25-26,29-30H2. The lowest BCUT2D eigenvalue weighted by Crippen LogP contribution is -2.32. The van der Waals surface area contributed by atoms with E-state index in [0.717, 1.165) is 82.3 Å². The summed E-state index contributed by atoms with van der Waals surface area (Å²) in [5.41, 5.74) is 5.73. The van der Waals surface area contributed by atoms with Crippen LogP contribution in [0.4, 0.5) is 37.7 Å². The average Bonchev–Trinajstić information content (AvgIpc) is 4.25. The second-order valence-electron chi connectivity index (χ2n) is 20.2. The molecule has 4 atom stereocenters. The number of aromatic nitrogens is 2. The van der Waals surface area contributed by atoms with Crippen molar-refractivity contribution >= 4 is 17.2 Å². The smallest absolute Gasteiger partial charge is 0.388 e. The van der Waals surface area contributed by atoms with Gasteiger partial charge in [-0.15, -0.1) is 0 Å². The molecular formula is C55H48F6N4O3. The topological polar surface area (TPSA) is 89.8 Å². The lowest BCUT2D eigenvalue weighted by molar-refractivity contribution is -0.138. The number of rotatable bonds is 8. The SMILES string of the molecule is O=C(c1ncc(C(F)(F)F)cc1N1CCC2(CC(O)c3cc(-c4ccccc4C4CC4)ccc32)C1)c1ncc(C(F)(F)F)cc1N1CCC2(CC(O)c3cc(-c4ccccc4C4CC4)ccc32)C1. The summed E-state index contributed by atoms with van der Waals surface area (Å²) in [4.78, 5) is 26.6. The molecule has 2 saturated heterocycles. The molecule has 4 aromatic carbocycles. The molecule has 0 amide bonds. The quantitative estimate of drug-likeness (QED) is 0.116. The van der Waals surface area contributed by atoms with E-state index in [9.17, 15) is 41.4 Å². The molecule has 6 aromatic rings. The van der Waals surface area contributed by atoms with E-state index in [1.807, 2.05) is 60.7 Å². The molecule has 2 N–H and O–H groups in total. The van der Waals surface area contributed by atoms with Crippen LogP contribution in [0, 0.1) is 0 Å². The Morgan fingerprint density at radius 1 is 0.559 bits per heavy atom. The fraction of sp³-hybridized carbons (Fsp3) is 0.364. The molecule has 4 fully saturated rings.